The third-order valence-electron chi connectivity index (χ3n) is 5.09. The number of rotatable bonds is 5. The molecule has 0 amide bonds. The summed E-state index contributed by atoms with van der Waals surface area (Å²) in [7, 11) is -3.80. The smallest absolute Gasteiger partial charge is 0.261 e. The molecular formula is C24H17ClN4O2S. The predicted octanol–water partition coefficient (Wildman–Crippen LogP) is 5.75. The number of benzene rings is 2. The lowest BCUT2D eigenvalue weighted by Gasteiger charge is -2.11. The molecule has 0 fully saturated rings. The second-order valence-corrected chi connectivity index (χ2v) is 9.21. The fourth-order valence-electron chi connectivity index (χ4n) is 3.50. The lowest BCUT2D eigenvalue weighted by Crippen LogP contribution is -2.13. The number of halogens is 1. The zero-order valence-corrected chi connectivity index (χ0v) is 18.2. The Labute approximate surface area is 190 Å². The molecule has 3 heterocycles. The number of nitrogens with one attached hydrogen (secondary N) is 2. The Hall–Kier alpha value is -3.68. The fraction of sp³-hybridized carbons (Fsp3) is 0. The molecule has 6 nitrogen and oxygen atoms in total. The van der Waals surface area contributed by atoms with E-state index in [1.807, 2.05) is 42.6 Å². The molecule has 8 heteroatoms. The monoisotopic (exact) mass is 460 g/mol. The largest absolute Gasteiger partial charge is 0.346 e. The van der Waals surface area contributed by atoms with E-state index in [0.29, 0.717) is 5.56 Å². The van der Waals surface area contributed by atoms with Crippen LogP contribution in [0.1, 0.15) is 0 Å². The number of H-pyrrole nitrogens is 1. The van der Waals surface area contributed by atoms with Gasteiger partial charge in [0.05, 0.1) is 10.6 Å². The van der Waals surface area contributed by atoms with E-state index in [9.17, 15) is 8.42 Å². The van der Waals surface area contributed by atoms with Crippen molar-refractivity contribution < 1.29 is 8.42 Å². The third kappa shape index (κ3) is 3.84. The summed E-state index contributed by atoms with van der Waals surface area (Å²) in [6, 6.07) is 21.8. The number of pyridine rings is 2. The van der Waals surface area contributed by atoms with Crippen molar-refractivity contribution in [3.8, 4) is 22.3 Å². The molecule has 5 rings (SSSR count). The van der Waals surface area contributed by atoms with Crippen molar-refractivity contribution in [2.75, 3.05) is 4.72 Å². The number of sulfonamides is 1. The minimum absolute atomic E-state index is 0.0638. The minimum Gasteiger partial charge on any atom is -0.346 e. The zero-order valence-electron chi connectivity index (χ0n) is 16.7. The van der Waals surface area contributed by atoms with Crippen LogP contribution in [0, 0.1) is 0 Å². The van der Waals surface area contributed by atoms with Gasteiger partial charge in [-0.05, 0) is 29.8 Å². The molecule has 0 saturated carbocycles. The first-order valence-electron chi connectivity index (χ1n) is 9.77. The number of hydrogen-bond donors (Lipinski definition) is 2. The summed E-state index contributed by atoms with van der Waals surface area (Å²) < 4.78 is 28.0. The minimum atomic E-state index is -3.80. The first-order chi connectivity index (χ1) is 15.5. The average Bonchev–Trinajstić information content (AvgIpc) is 3.25. The molecule has 0 aliphatic carbocycles. The average molecular weight is 461 g/mol. The Balaban J connectivity index is 1.55. The Morgan fingerprint density at radius 1 is 0.812 bits per heavy atom. The summed E-state index contributed by atoms with van der Waals surface area (Å²) in [6.45, 7) is 0. The Morgan fingerprint density at radius 3 is 2.22 bits per heavy atom. The SMILES string of the molecule is O=S(=O)(Nc1cc(-c2cnc3[nH]cc(-c4ccccc4)c3c2)cnc1Cl)c1ccccc1. The van der Waals surface area contributed by atoms with Gasteiger partial charge in [-0.1, -0.05) is 60.1 Å². The quantitative estimate of drug-likeness (QED) is 0.327. The molecule has 0 aliphatic heterocycles. The van der Waals surface area contributed by atoms with Gasteiger partial charge in [-0.25, -0.2) is 18.4 Å². The highest BCUT2D eigenvalue weighted by Gasteiger charge is 2.17. The van der Waals surface area contributed by atoms with E-state index in [0.717, 1.165) is 27.7 Å². The van der Waals surface area contributed by atoms with Gasteiger partial charge in [-0.3, -0.25) is 4.72 Å². The van der Waals surface area contributed by atoms with E-state index in [-0.39, 0.29) is 15.7 Å². The standard InChI is InChI=1S/C24H17ClN4O2S/c25-23-22(29-32(30,31)19-9-5-2-6-10-19)12-18(13-26-23)17-11-20-21(15-28-24(20)27-14-17)16-7-3-1-4-8-16/h1-15,29H,(H,27,28). The third-order valence-corrected chi connectivity index (χ3v) is 6.77. The van der Waals surface area contributed by atoms with Gasteiger partial charge < -0.3 is 4.98 Å². The molecule has 3 aromatic heterocycles. The molecular weight excluding hydrogens is 444 g/mol. The van der Waals surface area contributed by atoms with Crippen LogP contribution < -0.4 is 4.72 Å². The van der Waals surface area contributed by atoms with E-state index in [2.05, 4.69) is 19.7 Å². The van der Waals surface area contributed by atoms with Gasteiger partial charge in [-0.15, -0.1) is 0 Å². The van der Waals surface area contributed by atoms with E-state index in [1.54, 1.807) is 36.7 Å². The zero-order chi connectivity index (χ0) is 22.1. The van der Waals surface area contributed by atoms with Crippen LogP contribution in [0.25, 0.3) is 33.3 Å². The van der Waals surface area contributed by atoms with E-state index < -0.39 is 10.0 Å². The number of anilines is 1. The van der Waals surface area contributed by atoms with Crippen LogP contribution in [0.2, 0.25) is 5.15 Å². The summed E-state index contributed by atoms with van der Waals surface area (Å²) in [5, 5.41) is 1.02. The fourth-order valence-corrected chi connectivity index (χ4v) is 4.78. The van der Waals surface area contributed by atoms with Crippen molar-refractivity contribution >= 4 is 38.3 Å². The van der Waals surface area contributed by atoms with Crippen LogP contribution >= 0.6 is 11.6 Å². The maximum absolute atomic E-state index is 12.7. The topological polar surface area (TPSA) is 87.7 Å². The number of hydrogen-bond acceptors (Lipinski definition) is 4. The molecule has 0 unspecified atom stereocenters. The summed E-state index contributed by atoms with van der Waals surface area (Å²) in [5.74, 6) is 0. The summed E-state index contributed by atoms with van der Waals surface area (Å²) >= 11 is 6.20. The Kier molecular flexibility index (Phi) is 5.13. The highest BCUT2D eigenvalue weighted by Crippen LogP contribution is 2.33. The highest BCUT2D eigenvalue weighted by atomic mass is 35.5. The van der Waals surface area contributed by atoms with Crippen molar-refractivity contribution in [1.82, 2.24) is 15.0 Å². The normalized spacial score (nSPS) is 11.5. The molecule has 0 spiro atoms. The molecule has 0 saturated heterocycles. The molecule has 5 aromatic rings. The van der Waals surface area contributed by atoms with Gasteiger partial charge in [0.25, 0.3) is 10.0 Å². The van der Waals surface area contributed by atoms with Crippen LogP contribution in [0.5, 0.6) is 0 Å². The molecule has 0 radical (unpaired) electrons. The van der Waals surface area contributed by atoms with Gasteiger partial charge in [-0.2, -0.15) is 0 Å². The van der Waals surface area contributed by atoms with Crippen molar-refractivity contribution in [3.05, 3.63) is 96.5 Å². The van der Waals surface area contributed by atoms with Crippen molar-refractivity contribution in [1.29, 1.82) is 0 Å². The second-order valence-electron chi connectivity index (χ2n) is 7.17. The molecule has 2 N–H and O–H groups in total. The Morgan fingerprint density at radius 2 is 1.47 bits per heavy atom. The van der Waals surface area contributed by atoms with Gasteiger partial charge in [0.2, 0.25) is 0 Å². The lowest BCUT2D eigenvalue weighted by atomic mass is 10.0. The number of aromatic amines is 1. The van der Waals surface area contributed by atoms with Crippen LogP contribution in [0.4, 0.5) is 5.69 Å². The van der Waals surface area contributed by atoms with Crippen LogP contribution in [-0.4, -0.2) is 23.4 Å². The number of fused-ring (bicyclic) bond motifs is 1. The number of nitrogens with zero attached hydrogens (tertiary/aromatic N) is 2. The molecule has 32 heavy (non-hydrogen) atoms. The van der Waals surface area contributed by atoms with Gasteiger partial charge >= 0.3 is 0 Å². The van der Waals surface area contributed by atoms with Gasteiger partial charge in [0.15, 0.2) is 5.15 Å². The maximum Gasteiger partial charge on any atom is 0.261 e. The summed E-state index contributed by atoms with van der Waals surface area (Å²) in [5.41, 5.74) is 4.54. The van der Waals surface area contributed by atoms with Crippen molar-refractivity contribution in [3.63, 3.8) is 0 Å². The van der Waals surface area contributed by atoms with Crippen molar-refractivity contribution in [2.45, 2.75) is 4.90 Å². The first kappa shape index (κ1) is 20.2. The maximum atomic E-state index is 12.7. The molecule has 0 aliphatic rings. The van der Waals surface area contributed by atoms with Crippen LogP contribution in [0.3, 0.4) is 0 Å². The number of aromatic nitrogens is 3. The second kappa shape index (κ2) is 8.11. The predicted molar refractivity (Wildman–Crippen MR) is 127 cm³/mol. The highest BCUT2D eigenvalue weighted by molar-refractivity contribution is 7.92. The van der Waals surface area contributed by atoms with Crippen molar-refractivity contribution in [2.24, 2.45) is 0 Å². The van der Waals surface area contributed by atoms with Gasteiger partial charge in [0.1, 0.15) is 5.65 Å². The molecule has 0 bridgehead atoms. The summed E-state index contributed by atoms with van der Waals surface area (Å²) in [6.07, 6.45) is 5.24. The molecule has 158 valence electrons. The van der Waals surface area contributed by atoms with E-state index in [1.165, 1.54) is 12.1 Å². The summed E-state index contributed by atoms with van der Waals surface area (Å²) in [4.78, 5) is 12.0. The van der Waals surface area contributed by atoms with Crippen LogP contribution in [0.15, 0.2) is 96.3 Å². The van der Waals surface area contributed by atoms with Crippen LogP contribution in [-0.2, 0) is 10.0 Å². The molecule has 2 aromatic carbocycles. The molecule has 0 atom stereocenters. The van der Waals surface area contributed by atoms with Gasteiger partial charge in [0, 0.05) is 40.7 Å². The Bertz CT molecular complexity index is 1520. The lowest BCUT2D eigenvalue weighted by molar-refractivity contribution is 0.601. The first-order valence-corrected chi connectivity index (χ1v) is 11.6. The van der Waals surface area contributed by atoms with E-state index in [4.69, 9.17) is 11.6 Å². The van der Waals surface area contributed by atoms with E-state index >= 15 is 0 Å².